The van der Waals surface area contributed by atoms with Crippen molar-refractivity contribution in [2.75, 3.05) is 11.2 Å². The molecule has 0 radical (unpaired) electrons. The average molecular weight is 486 g/mol. The van der Waals surface area contributed by atoms with Crippen LogP contribution < -0.4 is 15.1 Å². The van der Waals surface area contributed by atoms with Crippen molar-refractivity contribution in [1.82, 2.24) is 10.1 Å². The second-order valence-corrected chi connectivity index (χ2v) is 8.71. The summed E-state index contributed by atoms with van der Waals surface area (Å²) in [5.41, 5.74) is 3.70. The van der Waals surface area contributed by atoms with Crippen molar-refractivity contribution < 1.29 is 9.48 Å². The van der Waals surface area contributed by atoms with Gasteiger partial charge in [-0.25, -0.2) is 4.90 Å². The van der Waals surface area contributed by atoms with Gasteiger partial charge in [-0.15, -0.1) is 0 Å². The van der Waals surface area contributed by atoms with E-state index in [1.807, 2.05) is 43.5 Å². The summed E-state index contributed by atoms with van der Waals surface area (Å²) < 4.78 is 2.52. The zero-order chi connectivity index (χ0) is 21.4. The fraction of sp³-hybridized carbons (Fsp3) is 0.273. The van der Waals surface area contributed by atoms with E-state index in [2.05, 4.69) is 40.0 Å². The van der Waals surface area contributed by atoms with Gasteiger partial charge < -0.3 is 0 Å². The number of benzene rings is 2. The van der Waals surface area contributed by atoms with Crippen LogP contribution in [-0.2, 0) is 11.2 Å². The van der Waals surface area contributed by atoms with Crippen LogP contribution in [0.1, 0.15) is 37.6 Å². The summed E-state index contributed by atoms with van der Waals surface area (Å²) in [6.45, 7) is 3.95. The van der Waals surface area contributed by atoms with Gasteiger partial charge in [0.15, 0.2) is 0 Å². The summed E-state index contributed by atoms with van der Waals surface area (Å²) in [5, 5.41) is 5.20. The lowest BCUT2D eigenvalue weighted by Gasteiger charge is -2.32. The fourth-order valence-corrected chi connectivity index (χ4v) is 4.48. The number of carbonyl (C=O) groups is 1. The number of amides is 1. The normalized spacial score (nSPS) is 14.9. The minimum Gasteiger partial charge on any atom is -0.291 e. The van der Waals surface area contributed by atoms with Crippen LogP contribution in [0.3, 0.4) is 0 Å². The number of rotatable bonds is 4. The molecule has 0 saturated heterocycles. The van der Waals surface area contributed by atoms with Crippen molar-refractivity contribution >= 4 is 39.3 Å². The monoisotopic (exact) mass is 485 g/mol. The molecule has 1 N–H and O–H groups in total. The topological polar surface area (TPSA) is 69.9 Å². The van der Waals surface area contributed by atoms with Crippen LogP contribution in [0.2, 0.25) is 0 Å². The quantitative estimate of drug-likeness (QED) is 0.446. The van der Waals surface area contributed by atoms with Gasteiger partial charge in [0.25, 0.3) is 6.17 Å². The Bertz CT molecular complexity index is 1180. The van der Waals surface area contributed by atoms with Crippen LogP contribution in [0.4, 0.5) is 5.69 Å². The van der Waals surface area contributed by atoms with Crippen LogP contribution in [0.25, 0.3) is 11.3 Å². The van der Waals surface area contributed by atoms with Crippen LogP contribution >= 0.6 is 27.7 Å². The third kappa shape index (κ3) is 3.48. The molecule has 0 fully saturated rings. The number of carbonyl (C=O) groups excluding carboxylic acids is 1. The van der Waals surface area contributed by atoms with Gasteiger partial charge in [-0.3, -0.25) is 14.6 Å². The van der Waals surface area contributed by atoms with Crippen LogP contribution in [-0.4, -0.2) is 22.2 Å². The SMILES string of the molecule is CCC(=O)N1c2ccc(Br)cc2-c2c(=O)[nH]c(SC)n[n+]2C1c1ccc(CC)cc1. The Labute approximate surface area is 187 Å². The highest BCUT2D eigenvalue weighted by Crippen LogP contribution is 2.39. The van der Waals surface area contributed by atoms with E-state index in [9.17, 15) is 9.59 Å². The number of aromatic nitrogens is 3. The van der Waals surface area contributed by atoms with Crippen molar-refractivity contribution in [3.8, 4) is 11.3 Å². The predicted octanol–water partition coefficient (Wildman–Crippen LogP) is 4.07. The number of H-pyrrole nitrogens is 1. The smallest absolute Gasteiger partial charge is 0.291 e. The Morgan fingerprint density at radius 1 is 1.23 bits per heavy atom. The maximum absolute atomic E-state index is 13.2. The molecular weight excluding hydrogens is 464 g/mol. The molecule has 1 amide bonds. The minimum absolute atomic E-state index is 0.0333. The van der Waals surface area contributed by atoms with Gasteiger partial charge in [-0.1, -0.05) is 53.7 Å². The number of hydrogen-bond acceptors (Lipinski definition) is 4. The zero-order valence-corrected chi connectivity index (χ0v) is 19.4. The first kappa shape index (κ1) is 20.8. The third-order valence-electron chi connectivity index (χ3n) is 5.26. The van der Waals surface area contributed by atoms with Gasteiger partial charge in [-0.05, 0) is 53.3 Å². The molecule has 1 aliphatic rings. The highest BCUT2D eigenvalue weighted by atomic mass is 79.9. The summed E-state index contributed by atoms with van der Waals surface area (Å²) in [7, 11) is 0. The summed E-state index contributed by atoms with van der Waals surface area (Å²) in [4.78, 5) is 30.9. The van der Waals surface area contributed by atoms with Gasteiger partial charge in [0.1, 0.15) is 0 Å². The number of nitrogens with zero attached hydrogens (tertiary/aromatic N) is 3. The van der Waals surface area contributed by atoms with E-state index < -0.39 is 6.17 Å². The van der Waals surface area contributed by atoms with E-state index in [-0.39, 0.29) is 11.5 Å². The largest absolute Gasteiger partial charge is 0.325 e. The lowest BCUT2D eigenvalue weighted by Crippen LogP contribution is -2.60. The first-order chi connectivity index (χ1) is 14.5. The van der Waals surface area contributed by atoms with Crippen LogP contribution in [0.5, 0.6) is 0 Å². The summed E-state index contributed by atoms with van der Waals surface area (Å²) in [5.74, 6) is -0.0333. The Morgan fingerprint density at radius 2 is 1.97 bits per heavy atom. The molecule has 4 rings (SSSR count). The fourth-order valence-electron chi connectivity index (χ4n) is 3.75. The van der Waals surface area contributed by atoms with E-state index in [0.29, 0.717) is 28.5 Å². The Morgan fingerprint density at radius 3 is 2.60 bits per heavy atom. The van der Waals surface area contributed by atoms with Crippen molar-refractivity contribution in [2.45, 2.75) is 38.0 Å². The van der Waals surface area contributed by atoms with E-state index in [1.54, 1.807) is 9.58 Å². The van der Waals surface area contributed by atoms with Gasteiger partial charge in [-0.2, -0.15) is 0 Å². The number of aryl methyl sites for hydroxylation is 1. The molecule has 2 aromatic carbocycles. The first-order valence-electron chi connectivity index (χ1n) is 9.79. The van der Waals surface area contributed by atoms with E-state index in [0.717, 1.165) is 16.5 Å². The number of aromatic amines is 1. The standard InChI is InChI=1S/C22H21BrN4O2S/c1-4-13-6-8-14(9-7-13)21-26(18(28)5-2)17-11-10-15(23)12-16(17)19-20(29)24-22(30-3)25-27(19)21/h6-12,21H,4-5H2,1-3H3/p+1. The van der Waals surface area contributed by atoms with E-state index in [4.69, 9.17) is 5.10 Å². The average Bonchev–Trinajstić information content (AvgIpc) is 2.77. The van der Waals surface area contributed by atoms with Crippen molar-refractivity contribution in [3.05, 3.63) is 68.4 Å². The number of fused-ring (bicyclic) bond motifs is 3. The van der Waals surface area contributed by atoms with Crippen molar-refractivity contribution in [2.24, 2.45) is 0 Å². The highest BCUT2D eigenvalue weighted by Gasteiger charge is 2.45. The maximum Gasteiger partial charge on any atom is 0.325 e. The Kier molecular flexibility index (Phi) is 5.79. The molecule has 1 aliphatic heterocycles. The molecule has 6 nitrogen and oxygen atoms in total. The molecule has 0 aliphatic carbocycles. The van der Waals surface area contributed by atoms with Crippen LogP contribution in [0, 0.1) is 0 Å². The Hall–Kier alpha value is -2.45. The van der Waals surface area contributed by atoms with E-state index >= 15 is 0 Å². The molecule has 1 atom stereocenters. The lowest BCUT2D eigenvalue weighted by atomic mass is 10.00. The van der Waals surface area contributed by atoms with Gasteiger partial charge in [0, 0.05) is 21.6 Å². The number of anilines is 1. The first-order valence-corrected chi connectivity index (χ1v) is 11.8. The molecule has 30 heavy (non-hydrogen) atoms. The second kappa shape index (κ2) is 8.35. The molecule has 154 valence electrons. The molecule has 1 unspecified atom stereocenters. The number of nitrogens with one attached hydrogen (secondary N) is 1. The molecule has 0 saturated carbocycles. The second-order valence-electron chi connectivity index (χ2n) is 7.00. The molecular formula is C22H22BrN4O2S+. The molecule has 0 spiro atoms. The van der Waals surface area contributed by atoms with Gasteiger partial charge >= 0.3 is 11.3 Å². The third-order valence-corrected chi connectivity index (χ3v) is 6.33. The van der Waals surface area contributed by atoms with Crippen molar-refractivity contribution in [3.63, 3.8) is 0 Å². The zero-order valence-electron chi connectivity index (χ0n) is 17.0. The van der Waals surface area contributed by atoms with Crippen LogP contribution in [0.15, 0.2) is 56.9 Å². The van der Waals surface area contributed by atoms with Gasteiger partial charge in [0.2, 0.25) is 11.1 Å². The summed E-state index contributed by atoms with van der Waals surface area (Å²) >= 11 is 4.85. The minimum atomic E-state index is -0.541. The number of thioether (sulfide) groups is 1. The number of halogens is 1. The molecule has 2 heterocycles. The maximum atomic E-state index is 13.2. The lowest BCUT2D eigenvalue weighted by molar-refractivity contribution is -0.763. The summed E-state index contributed by atoms with van der Waals surface area (Å²) in [6.07, 6.45) is 2.59. The Balaban J connectivity index is 2.06. The van der Waals surface area contributed by atoms with Crippen molar-refractivity contribution in [1.29, 1.82) is 0 Å². The molecule has 0 bridgehead atoms. The van der Waals surface area contributed by atoms with E-state index in [1.165, 1.54) is 17.3 Å². The summed E-state index contributed by atoms with van der Waals surface area (Å²) in [6, 6.07) is 13.8. The molecule has 1 aromatic heterocycles. The predicted molar refractivity (Wildman–Crippen MR) is 122 cm³/mol. The molecule has 3 aromatic rings. The molecule has 8 heteroatoms. The highest BCUT2D eigenvalue weighted by molar-refractivity contribution is 9.10. The number of hydrogen-bond donors (Lipinski definition) is 1. The van der Waals surface area contributed by atoms with Gasteiger partial charge in [0.05, 0.1) is 11.3 Å².